The lowest BCUT2D eigenvalue weighted by molar-refractivity contribution is -0.0261. The molecule has 1 amide bonds. The number of anilines is 3. The normalized spacial score (nSPS) is 19.8. The van der Waals surface area contributed by atoms with Gasteiger partial charge in [0.1, 0.15) is 0 Å². The number of aliphatic hydroxyl groups excluding tert-OH is 1. The van der Waals surface area contributed by atoms with E-state index in [-0.39, 0.29) is 18.0 Å². The third kappa shape index (κ3) is 5.08. The van der Waals surface area contributed by atoms with Gasteiger partial charge in [-0.1, -0.05) is 0 Å². The number of piperidine rings is 1. The molecule has 6 rings (SSSR count). The van der Waals surface area contributed by atoms with Crippen molar-refractivity contribution in [3.63, 3.8) is 0 Å². The fourth-order valence-electron chi connectivity index (χ4n) is 5.55. The SMILES string of the molecule is O=C(Nc1cc(N2CC(F)(F)C2)c2occc2c1)c1ccc(S(=O)(=O)NCCO)cc1N1CCC2(CC1)CC2. The Morgan fingerprint density at radius 3 is 2.41 bits per heavy atom. The van der Waals surface area contributed by atoms with Gasteiger partial charge in [0.2, 0.25) is 10.0 Å². The number of fused-ring (bicyclic) bond motifs is 1. The third-order valence-electron chi connectivity index (χ3n) is 8.02. The van der Waals surface area contributed by atoms with Crippen LogP contribution < -0.4 is 19.8 Å². The molecule has 3 N–H and O–H groups in total. The predicted molar refractivity (Wildman–Crippen MR) is 143 cm³/mol. The van der Waals surface area contributed by atoms with Crippen LogP contribution in [0.25, 0.3) is 11.0 Å². The molecule has 39 heavy (non-hydrogen) atoms. The minimum Gasteiger partial charge on any atom is -0.462 e. The Balaban J connectivity index is 1.31. The zero-order valence-electron chi connectivity index (χ0n) is 21.3. The standard InChI is InChI=1S/C27H30F2N4O5S/c28-27(29)16-33(17-27)23-14-19(13-18-3-12-38-24(18)23)31-25(35)21-2-1-20(39(36,37)30-8-11-34)15-22(21)32-9-6-26(4-5-26)7-10-32/h1-3,12-15,30,34H,4-11,16-17H2,(H,31,35). The lowest BCUT2D eigenvalue weighted by Crippen LogP contribution is -2.56. The molecule has 0 radical (unpaired) electrons. The molecule has 0 unspecified atom stereocenters. The first-order valence-corrected chi connectivity index (χ1v) is 14.5. The Morgan fingerprint density at radius 1 is 1.00 bits per heavy atom. The molecule has 1 aromatic heterocycles. The molecule has 2 saturated heterocycles. The summed E-state index contributed by atoms with van der Waals surface area (Å²) in [6.07, 6.45) is 5.84. The minimum absolute atomic E-state index is 0.00928. The zero-order valence-corrected chi connectivity index (χ0v) is 22.1. The van der Waals surface area contributed by atoms with Crippen LogP contribution in [0.3, 0.4) is 0 Å². The van der Waals surface area contributed by atoms with Gasteiger partial charge in [0.05, 0.1) is 47.8 Å². The summed E-state index contributed by atoms with van der Waals surface area (Å²) in [5.74, 6) is -3.21. The molecule has 9 nitrogen and oxygen atoms in total. The van der Waals surface area contributed by atoms with Crippen molar-refractivity contribution >= 4 is 44.0 Å². The third-order valence-corrected chi connectivity index (χ3v) is 9.48. The highest BCUT2D eigenvalue weighted by atomic mass is 32.2. The number of rotatable bonds is 8. The number of aliphatic hydroxyl groups is 1. The summed E-state index contributed by atoms with van der Waals surface area (Å²) in [7, 11) is -3.88. The molecular weight excluding hydrogens is 530 g/mol. The van der Waals surface area contributed by atoms with Crippen LogP contribution in [0.2, 0.25) is 0 Å². The summed E-state index contributed by atoms with van der Waals surface area (Å²) in [5.41, 5.74) is 2.57. The quantitative estimate of drug-likeness (QED) is 0.384. The lowest BCUT2D eigenvalue weighted by Gasteiger charge is -2.40. The van der Waals surface area contributed by atoms with Crippen LogP contribution in [0, 0.1) is 5.41 Å². The van der Waals surface area contributed by atoms with E-state index in [1.165, 1.54) is 42.2 Å². The van der Waals surface area contributed by atoms with Crippen molar-refractivity contribution in [3.05, 3.63) is 48.2 Å². The van der Waals surface area contributed by atoms with Crippen molar-refractivity contribution in [1.82, 2.24) is 4.72 Å². The smallest absolute Gasteiger partial charge is 0.282 e. The maximum Gasteiger partial charge on any atom is 0.282 e. The summed E-state index contributed by atoms with van der Waals surface area (Å²) in [6, 6.07) is 9.41. The summed E-state index contributed by atoms with van der Waals surface area (Å²) < 4.78 is 60.6. The number of amides is 1. The summed E-state index contributed by atoms with van der Waals surface area (Å²) in [5, 5.41) is 12.6. The molecular formula is C27H30F2N4O5S. The van der Waals surface area contributed by atoms with E-state index < -0.39 is 34.9 Å². The number of hydrogen-bond acceptors (Lipinski definition) is 7. The molecule has 0 bridgehead atoms. The number of halogens is 2. The number of nitrogens with one attached hydrogen (secondary N) is 2. The van der Waals surface area contributed by atoms with Crippen molar-refractivity contribution in [2.75, 3.05) is 54.4 Å². The van der Waals surface area contributed by atoms with Crippen molar-refractivity contribution < 1.29 is 31.5 Å². The summed E-state index contributed by atoms with van der Waals surface area (Å²) >= 11 is 0. The van der Waals surface area contributed by atoms with E-state index >= 15 is 0 Å². The second-order valence-electron chi connectivity index (χ2n) is 10.8. The number of hydrogen-bond donors (Lipinski definition) is 3. The van der Waals surface area contributed by atoms with Gasteiger partial charge in [-0.25, -0.2) is 21.9 Å². The lowest BCUT2D eigenvalue weighted by atomic mass is 9.93. The molecule has 3 heterocycles. The summed E-state index contributed by atoms with van der Waals surface area (Å²) in [4.78, 5) is 17.2. The molecule has 3 aliphatic rings. The Kier molecular flexibility index (Phi) is 6.31. The molecule has 1 aliphatic carbocycles. The second-order valence-corrected chi connectivity index (χ2v) is 12.6. The molecule has 0 atom stereocenters. The highest BCUT2D eigenvalue weighted by Crippen LogP contribution is 2.54. The van der Waals surface area contributed by atoms with Gasteiger partial charge in [-0.05, 0) is 67.5 Å². The highest BCUT2D eigenvalue weighted by Gasteiger charge is 2.45. The number of carbonyl (C=O) groups is 1. The molecule has 3 fully saturated rings. The number of carbonyl (C=O) groups excluding carboxylic acids is 1. The van der Waals surface area contributed by atoms with Gasteiger partial charge in [0.25, 0.3) is 11.8 Å². The number of alkyl halides is 2. The van der Waals surface area contributed by atoms with Crippen LogP contribution >= 0.6 is 0 Å². The summed E-state index contributed by atoms with van der Waals surface area (Å²) in [6.45, 7) is 0.110. The van der Waals surface area contributed by atoms with E-state index in [1.54, 1.807) is 18.2 Å². The van der Waals surface area contributed by atoms with Gasteiger partial charge in [-0.3, -0.25) is 4.79 Å². The van der Waals surface area contributed by atoms with Crippen LogP contribution in [-0.2, 0) is 10.0 Å². The molecule has 1 saturated carbocycles. The van der Waals surface area contributed by atoms with Gasteiger partial charge in [-0.15, -0.1) is 0 Å². The van der Waals surface area contributed by atoms with Crippen LogP contribution in [0.15, 0.2) is 52.0 Å². The molecule has 2 aromatic carbocycles. The largest absolute Gasteiger partial charge is 0.462 e. The van der Waals surface area contributed by atoms with Crippen molar-refractivity contribution in [1.29, 1.82) is 0 Å². The fraction of sp³-hybridized carbons (Fsp3) is 0.444. The monoisotopic (exact) mass is 560 g/mol. The van der Waals surface area contributed by atoms with E-state index in [2.05, 4.69) is 14.9 Å². The highest BCUT2D eigenvalue weighted by molar-refractivity contribution is 7.89. The predicted octanol–water partition coefficient (Wildman–Crippen LogP) is 3.79. The Bertz CT molecular complexity index is 1520. The molecule has 3 aromatic rings. The first-order chi connectivity index (χ1) is 18.6. The maximum atomic E-state index is 13.6. The Labute approximate surface area is 224 Å². The minimum atomic E-state index is -3.88. The van der Waals surface area contributed by atoms with Gasteiger partial charge in [0, 0.05) is 30.7 Å². The van der Waals surface area contributed by atoms with Gasteiger partial charge >= 0.3 is 0 Å². The average Bonchev–Trinajstić information content (AvgIpc) is 3.47. The Morgan fingerprint density at radius 2 is 1.74 bits per heavy atom. The number of furan rings is 1. The van der Waals surface area contributed by atoms with E-state index in [0.29, 0.717) is 52.1 Å². The average molecular weight is 561 g/mol. The second kappa shape index (κ2) is 9.46. The Hall–Kier alpha value is -3.22. The topological polar surface area (TPSA) is 115 Å². The molecule has 2 aliphatic heterocycles. The van der Waals surface area contributed by atoms with Gasteiger partial charge in [-0.2, -0.15) is 0 Å². The van der Waals surface area contributed by atoms with Gasteiger partial charge < -0.3 is 24.6 Å². The fourth-order valence-corrected chi connectivity index (χ4v) is 6.59. The van der Waals surface area contributed by atoms with Crippen molar-refractivity contribution in [3.8, 4) is 0 Å². The number of sulfonamides is 1. The van der Waals surface area contributed by atoms with Gasteiger partial charge in [0.15, 0.2) is 5.58 Å². The van der Waals surface area contributed by atoms with E-state index in [1.807, 2.05) is 0 Å². The zero-order chi connectivity index (χ0) is 27.4. The molecule has 1 spiro atoms. The molecule has 12 heteroatoms. The first kappa shape index (κ1) is 26.0. The van der Waals surface area contributed by atoms with E-state index in [4.69, 9.17) is 9.52 Å². The van der Waals surface area contributed by atoms with Crippen LogP contribution in [0.1, 0.15) is 36.0 Å². The maximum absolute atomic E-state index is 13.6. The number of nitrogens with zero attached hydrogens (tertiary/aromatic N) is 2. The van der Waals surface area contributed by atoms with Crippen molar-refractivity contribution in [2.45, 2.75) is 36.5 Å². The van der Waals surface area contributed by atoms with E-state index in [0.717, 1.165) is 12.8 Å². The van der Waals surface area contributed by atoms with Crippen LogP contribution in [-0.4, -0.2) is 64.7 Å². The molecule has 208 valence electrons. The van der Waals surface area contributed by atoms with E-state index in [9.17, 15) is 22.0 Å². The van der Waals surface area contributed by atoms with Crippen molar-refractivity contribution in [2.24, 2.45) is 5.41 Å². The van der Waals surface area contributed by atoms with Crippen LogP contribution in [0.5, 0.6) is 0 Å². The van der Waals surface area contributed by atoms with Crippen LogP contribution in [0.4, 0.5) is 25.8 Å². The number of benzene rings is 2. The first-order valence-electron chi connectivity index (χ1n) is 13.0.